The molecule has 28 heavy (non-hydrogen) atoms. The van der Waals surface area contributed by atoms with E-state index in [1.54, 1.807) is 36.4 Å². The quantitative estimate of drug-likeness (QED) is 0.563. The number of urea groups is 1. The maximum absolute atomic E-state index is 13.7. The molecular formula is C20H18FN3O4. The molecule has 1 heterocycles. The maximum Gasteiger partial charge on any atom is 0.335 e. The summed E-state index contributed by atoms with van der Waals surface area (Å²) >= 11 is 0. The summed E-state index contributed by atoms with van der Waals surface area (Å²) in [4.78, 5) is 51.8. The molecule has 2 aromatic rings. The summed E-state index contributed by atoms with van der Waals surface area (Å²) in [6.07, 6.45) is 0. The highest BCUT2D eigenvalue weighted by Crippen LogP contribution is 2.16. The van der Waals surface area contributed by atoms with Gasteiger partial charge in [-0.1, -0.05) is 48.5 Å². The molecule has 0 saturated carbocycles. The van der Waals surface area contributed by atoms with Gasteiger partial charge in [0.15, 0.2) is 0 Å². The smallest absolute Gasteiger partial charge is 0.335 e. The third kappa shape index (κ3) is 3.90. The summed E-state index contributed by atoms with van der Waals surface area (Å²) in [7, 11) is 1.43. The number of benzene rings is 2. The summed E-state index contributed by atoms with van der Waals surface area (Å²) in [5.41, 5.74) is 0.987. The fourth-order valence-corrected chi connectivity index (χ4v) is 2.82. The minimum absolute atomic E-state index is 0.0244. The summed E-state index contributed by atoms with van der Waals surface area (Å²) < 4.78 is 13.7. The van der Waals surface area contributed by atoms with Crippen molar-refractivity contribution in [2.75, 3.05) is 13.6 Å². The molecular weight excluding hydrogens is 365 g/mol. The third-order valence-corrected chi connectivity index (χ3v) is 4.40. The molecule has 3 rings (SSSR count). The van der Waals surface area contributed by atoms with Gasteiger partial charge in [0.25, 0.3) is 0 Å². The molecule has 0 radical (unpaired) electrons. The molecule has 144 valence electrons. The summed E-state index contributed by atoms with van der Waals surface area (Å²) in [6.45, 7) is -0.664. The zero-order chi connectivity index (χ0) is 20.3. The van der Waals surface area contributed by atoms with E-state index in [9.17, 15) is 23.6 Å². The average Bonchev–Trinajstić information content (AvgIpc) is 2.88. The van der Waals surface area contributed by atoms with E-state index in [0.717, 1.165) is 4.90 Å². The van der Waals surface area contributed by atoms with Gasteiger partial charge < -0.3 is 4.90 Å². The van der Waals surface area contributed by atoms with Crippen LogP contribution in [0.2, 0.25) is 0 Å². The third-order valence-electron chi connectivity index (χ3n) is 4.40. The van der Waals surface area contributed by atoms with Gasteiger partial charge in [0.1, 0.15) is 12.4 Å². The molecule has 5 amide bonds. The van der Waals surface area contributed by atoms with Crippen molar-refractivity contribution in [3.05, 3.63) is 71.5 Å². The van der Waals surface area contributed by atoms with Crippen LogP contribution in [0.3, 0.4) is 0 Å². The topological polar surface area (TPSA) is 78.0 Å². The first-order valence-electron chi connectivity index (χ1n) is 8.57. The van der Waals surface area contributed by atoms with Crippen LogP contribution in [0.1, 0.15) is 11.1 Å². The van der Waals surface area contributed by atoms with Gasteiger partial charge in [-0.15, -0.1) is 0 Å². The van der Waals surface area contributed by atoms with Crippen LogP contribution in [0, 0.1) is 5.82 Å². The number of likely N-dealkylation sites (N-methyl/N-ethyl adjacent to an activating group) is 1. The largest absolute Gasteiger partial charge is 0.340 e. The molecule has 0 spiro atoms. The number of carbonyl (C=O) groups excluding carboxylic acids is 4. The number of hydrogen-bond donors (Lipinski definition) is 0. The average molecular weight is 383 g/mol. The Balaban J connectivity index is 1.67. The van der Waals surface area contributed by atoms with E-state index in [2.05, 4.69) is 0 Å². The van der Waals surface area contributed by atoms with Gasteiger partial charge in [-0.3, -0.25) is 19.3 Å². The lowest BCUT2D eigenvalue weighted by Crippen LogP contribution is -2.42. The van der Waals surface area contributed by atoms with Crippen LogP contribution >= 0.6 is 0 Å². The van der Waals surface area contributed by atoms with E-state index < -0.39 is 36.1 Å². The van der Waals surface area contributed by atoms with Gasteiger partial charge in [-0.25, -0.2) is 14.1 Å². The molecule has 0 aliphatic carbocycles. The van der Waals surface area contributed by atoms with Crippen LogP contribution in [0.25, 0.3) is 0 Å². The van der Waals surface area contributed by atoms with E-state index in [1.807, 2.05) is 0 Å². The molecule has 1 aliphatic rings. The molecule has 0 aromatic heterocycles. The molecule has 0 bridgehead atoms. The van der Waals surface area contributed by atoms with Gasteiger partial charge >= 0.3 is 17.8 Å². The number of imide groups is 2. The van der Waals surface area contributed by atoms with E-state index >= 15 is 0 Å². The van der Waals surface area contributed by atoms with E-state index in [1.165, 1.54) is 30.1 Å². The van der Waals surface area contributed by atoms with Crippen molar-refractivity contribution in [3.63, 3.8) is 0 Å². The fourth-order valence-electron chi connectivity index (χ4n) is 2.82. The van der Waals surface area contributed by atoms with Crippen LogP contribution in [-0.2, 0) is 27.5 Å². The van der Waals surface area contributed by atoms with Gasteiger partial charge in [0.2, 0.25) is 5.91 Å². The zero-order valence-electron chi connectivity index (χ0n) is 15.2. The van der Waals surface area contributed by atoms with Crippen LogP contribution < -0.4 is 0 Å². The minimum Gasteiger partial charge on any atom is -0.340 e. The lowest BCUT2D eigenvalue weighted by molar-refractivity contribution is -0.145. The first-order chi connectivity index (χ1) is 13.4. The summed E-state index contributed by atoms with van der Waals surface area (Å²) in [5, 5.41) is 0. The van der Waals surface area contributed by atoms with Crippen LogP contribution in [0.15, 0.2) is 54.6 Å². The Morgan fingerprint density at radius 3 is 2.21 bits per heavy atom. The molecule has 0 unspecified atom stereocenters. The molecule has 0 N–H and O–H groups in total. The van der Waals surface area contributed by atoms with Crippen molar-refractivity contribution in [2.24, 2.45) is 0 Å². The fraction of sp³-hybridized carbons (Fsp3) is 0.200. The zero-order valence-corrected chi connectivity index (χ0v) is 15.2. The molecule has 0 atom stereocenters. The molecule has 1 aliphatic heterocycles. The number of nitrogens with zero attached hydrogens (tertiary/aromatic N) is 3. The van der Waals surface area contributed by atoms with Crippen LogP contribution in [0.4, 0.5) is 9.18 Å². The number of amides is 5. The first kappa shape index (κ1) is 19.2. The second-order valence-electron chi connectivity index (χ2n) is 6.39. The minimum atomic E-state index is -1.05. The van der Waals surface area contributed by atoms with Crippen LogP contribution in [0.5, 0.6) is 0 Å². The normalized spacial score (nSPS) is 14.0. The second kappa shape index (κ2) is 7.99. The van der Waals surface area contributed by atoms with Crippen molar-refractivity contribution in [1.29, 1.82) is 0 Å². The van der Waals surface area contributed by atoms with Crippen molar-refractivity contribution in [1.82, 2.24) is 14.7 Å². The van der Waals surface area contributed by atoms with Crippen molar-refractivity contribution in [2.45, 2.75) is 13.1 Å². The van der Waals surface area contributed by atoms with E-state index in [4.69, 9.17) is 0 Å². The Morgan fingerprint density at radius 2 is 1.54 bits per heavy atom. The first-order valence-corrected chi connectivity index (χ1v) is 8.57. The van der Waals surface area contributed by atoms with Crippen molar-refractivity contribution in [3.8, 4) is 0 Å². The van der Waals surface area contributed by atoms with Crippen LogP contribution in [-0.4, -0.2) is 52.0 Å². The Hall–Kier alpha value is -3.55. The molecule has 2 aromatic carbocycles. The van der Waals surface area contributed by atoms with Gasteiger partial charge in [-0.05, 0) is 11.6 Å². The Kier molecular flexibility index (Phi) is 5.49. The van der Waals surface area contributed by atoms with Crippen molar-refractivity contribution >= 4 is 23.8 Å². The Bertz CT molecular complexity index is 932. The maximum atomic E-state index is 13.7. The predicted molar refractivity (Wildman–Crippen MR) is 97.0 cm³/mol. The number of rotatable bonds is 6. The van der Waals surface area contributed by atoms with Crippen molar-refractivity contribution < 1.29 is 23.6 Å². The van der Waals surface area contributed by atoms with Gasteiger partial charge in [-0.2, -0.15) is 0 Å². The highest BCUT2D eigenvalue weighted by atomic mass is 19.1. The standard InChI is InChI=1S/C20H18FN3O4/c1-22(12-15-9-5-6-10-16(15)21)17(25)13-24-19(27)18(26)23(20(24)28)11-14-7-3-2-4-8-14/h2-10H,11-13H2,1H3. The highest BCUT2D eigenvalue weighted by Gasteiger charge is 2.45. The molecule has 8 heteroatoms. The van der Waals surface area contributed by atoms with Gasteiger partial charge in [0.05, 0.1) is 6.54 Å². The monoisotopic (exact) mass is 383 g/mol. The lowest BCUT2D eigenvalue weighted by Gasteiger charge is -2.21. The SMILES string of the molecule is CN(Cc1ccccc1F)C(=O)CN1C(=O)C(=O)N(Cc2ccccc2)C1=O. The number of carbonyl (C=O) groups is 4. The molecule has 1 fully saturated rings. The van der Waals surface area contributed by atoms with Gasteiger partial charge in [0, 0.05) is 19.2 Å². The number of hydrogen-bond acceptors (Lipinski definition) is 4. The van der Waals surface area contributed by atoms with E-state index in [0.29, 0.717) is 16.0 Å². The second-order valence-corrected chi connectivity index (χ2v) is 6.39. The number of halogens is 1. The Morgan fingerprint density at radius 1 is 0.929 bits per heavy atom. The highest BCUT2D eigenvalue weighted by molar-refractivity contribution is 6.44. The molecule has 7 nitrogen and oxygen atoms in total. The van der Waals surface area contributed by atoms with E-state index in [-0.39, 0.29) is 13.1 Å². The molecule has 1 saturated heterocycles. The summed E-state index contributed by atoms with van der Waals surface area (Å²) in [5.74, 6) is -3.06. The summed E-state index contributed by atoms with van der Waals surface area (Å²) in [6, 6.07) is 13.9. The lowest BCUT2D eigenvalue weighted by atomic mass is 10.2. The predicted octanol–water partition coefficient (Wildman–Crippen LogP) is 1.78. The Labute approximate surface area is 160 Å².